The molecule has 106 valence electrons. The van der Waals surface area contributed by atoms with Gasteiger partial charge in [0.2, 0.25) is 0 Å². The van der Waals surface area contributed by atoms with Crippen molar-refractivity contribution >= 4 is 0 Å². The Morgan fingerprint density at radius 2 is 1.61 bits per heavy atom. The summed E-state index contributed by atoms with van der Waals surface area (Å²) < 4.78 is 5.82. The van der Waals surface area contributed by atoms with Crippen molar-refractivity contribution in [2.24, 2.45) is 11.1 Å². The average Bonchev–Trinajstić information content (AvgIpc) is 2.54. The second kappa shape index (κ2) is 6.36. The third-order valence-corrected chi connectivity index (χ3v) is 4.65. The van der Waals surface area contributed by atoms with Gasteiger partial charge in [0.05, 0.1) is 12.2 Å². The van der Waals surface area contributed by atoms with Gasteiger partial charge in [-0.05, 0) is 38.6 Å². The molecular formula is C15H30N2O. The van der Waals surface area contributed by atoms with E-state index in [-0.39, 0.29) is 0 Å². The molecule has 2 atom stereocenters. The molecule has 1 aliphatic carbocycles. The van der Waals surface area contributed by atoms with E-state index in [1.165, 1.54) is 45.1 Å². The van der Waals surface area contributed by atoms with E-state index in [0.29, 0.717) is 17.6 Å². The molecule has 2 aliphatic rings. The topological polar surface area (TPSA) is 38.5 Å². The van der Waals surface area contributed by atoms with E-state index in [1.54, 1.807) is 0 Å². The number of nitrogens with zero attached hydrogens (tertiary/aromatic N) is 1. The highest BCUT2D eigenvalue weighted by atomic mass is 16.5. The van der Waals surface area contributed by atoms with Gasteiger partial charge < -0.3 is 10.5 Å². The predicted molar refractivity (Wildman–Crippen MR) is 75.6 cm³/mol. The SMILES string of the molecule is CC1CN(CC2(CN)CCCCCC2)CC(C)O1. The van der Waals surface area contributed by atoms with Gasteiger partial charge in [0.1, 0.15) is 0 Å². The second-order valence-corrected chi connectivity index (χ2v) is 6.57. The van der Waals surface area contributed by atoms with Crippen molar-refractivity contribution in [1.29, 1.82) is 0 Å². The van der Waals surface area contributed by atoms with E-state index < -0.39 is 0 Å². The van der Waals surface area contributed by atoms with E-state index in [0.717, 1.165) is 19.6 Å². The number of ether oxygens (including phenoxy) is 1. The average molecular weight is 254 g/mol. The number of morpholine rings is 1. The van der Waals surface area contributed by atoms with E-state index >= 15 is 0 Å². The molecule has 2 fully saturated rings. The molecule has 0 bridgehead atoms. The number of rotatable bonds is 3. The molecule has 2 unspecified atom stereocenters. The van der Waals surface area contributed by atoms with Gasteiger partial charge in [-0.15, -0.1) is 0 Å². The zero-order valence-corrected chi connectivity index (χ0v) is 12.2. The van der Waals surface area contributed by atoms with Crippen LogP contribution in [-0.2, 0) is 4.74 Å². The zero-order valence-electron chi connectivity index (χ0n) is 12.2. The first-order valence-corrected chi connectivity index (χ1v) is 7.71. The highest BCUT2D eigenvalue weighted by molar-refractivity contribution is 4.87. The Hall–Kier alpha value is -0.120. The Kier molecular flexibility index (Phi) is 5.05. The minimum absolute atomic E-state index is 0.370. The van der Waals surface area contributed by atoms with Crippen LogP contribution in [0.3, 0.4) is 0 Å². The molecule has 3 heteroatoms. The summed E-state index contributed by atoms with van der Waals surface area (Å²) in [4.78, 5) is 2.59. The summed E-state index contributed by atoms with van der Waals surface area (Å²) >= 11 is 0. The molecule has 0 spiro atoms. The fourth-order valence-corrected chi connectivity index (χ4v) is 3.79. The van der Waals surface area contributed by atoms with E-state index in [9.17, 15) is 0 Å². The Labute approximate surface area is 112 Å². The molecule has 0 radical (unpaired) electrons. The van der Waals surface area contributed by atoms with Gasteiger partial charge in [-0.3, -0.25) is 4.90 Å². The molecular weight excluding hydrogens is 224 g/mol. The monoisotopic (exact) mass is 254 g/mol. The molecule has 18 heavy (non-hydrogen) atoms. The molecule has 1 heterocycles. The van der Waals surface area contributed by atoms with Crippen molar-refractivity contribution in [2.45, 2.75) is 64.6 Å². The van der Waals surface area contributed by atoms with Crippen LogP contribution in [0.1, 0.15) is 52.4 Å². The maximum Gasteiger partial charge on any atom is 0.0678 e. The van der Waals surface area contributed by atoms with Crippen molar-refractivity contribution in [2.75, 3.05) is 26.2 Å². The third-order valence-electron chi connectivity index (χ3n) is 4.65. The number of hydrogen-bond donors (Lipinski definition) is 1. The fourth-order valence-electron chi connectivity index (χ4n) is 3.79. The van der Waals surface area contributed by atoms with E-state index in [1.807, 2.05) is 0 Å². The van der Waals surface area contributed by atoms with E-state index in [2.05, 4.69) is 18.7 Å². The van der Waals surface area contributed by atoms with Crippen molar-refractivity contribution in [3.05, 3.63) is 0 Å². The van der Waals surface area contributed by atoms with E-state index in [4.69, 9.17) is 10.5 Å². The van der Waals surface area contributed by atoms with Crippen LogP contribution >= 0.6 is 0 Å². The van der Waals surface area contributed by atoms with Gasteiger partial charge in [-0.2, -0.15) is 0 Å². The van der Waals surface area contributed by atoms with Crippen molar-refractivity contribution in [3.63, 3.8) is 0 Å². The van der Waals surface area contributed by atoms with Crippen LogP contribution in [0, 0.1) is 5.41 Å². The summed E-state index contributed by atoms with van der Waals surface area (Å²) in [5.41, 5.74) is 6.52. The maximum absolute atomic E-state index is 6.14. The maximum atomic E-state index is 6.14. The van der Waals surface area contributed by atoms with Crippen LogP contribution in [0.15, 0.2) is 0 Å². The molecule has 0 aromatic heterocycles. The zero-order chi connectivity index (χ0) is 13.0. The molecule has 1 saturated heterocycles. The van der Waals surface area contributed by atoms with Crippen LogP contribution in [0.4, 0.5) is 0 Å². The predicted octanol–water partition coefficient (Wildman–Crippen LogP) is 2.39. The summed E-state index contributed by atoms with van der Waals surface area (Å²) in [7, 11) is 0. The summed E-state index contributed by atoms with van der Waals surface area (Å²) in [5, 5.41) is 0. The lowest BCUT2D eigenvalue weighted by molar-refractivity contribution is -0.0783. The van der Waals surface area contributed by atoms with Crippen LogP contribution in [0.25, 0.3) is 0 Å². The van der Waals surface area contributed by atoms with Crippen LogP contribution in [0.2, 0.25) is 0 Å². The number of hydrogen-bond acceptors (Lipinski definition) is 3. The minimum atomic E-state index is 0.370. The fraction of sp³-hybridized carbons (Fsp3) is 1.00. The van der Waals surface area contributed by atoms with Gasteiger partial charge in [0.25, 0.3) is 0 Å². The standard InChI is InChI=1S/C15H30N2O/c1-13-9-17(10-14(2)18-13)12-15(11-16)7-5-3-4-6-8-15/h13-14H,3-12,16H2,1-2H3. The van der Waals surface area contributed by atoms with Crippen molar-refractivity contribution in [3.8, 4) is 0 Å². The summed E-state index contributed by atoms with van der Waals surface area (Å²) in [6, 6.07) is 0. The lowest BCUT2D eigenvalue weighted by atomic mass is 9.79. The second-order valence-electron chi connectivity index (χ2n) is 6.57. The molecule has 0 aromatic rings. The van der Waals surface area contributed by atoms with Crippen molar-refractivity contribution < 1.29 is 4.74 Å². The van der Waals surface area contributed by atoms with Crippen LogP contribution < -0.4 is 5.73 Å². The first-order chi connectivity index (χ1) is 8.63. The first kappa shape index (κ1) is 14.3. The van der Waals surface area contributed by atoms with Gasteiger partial charge in [0, 0.05) is 19.6 Å². The molecule has 2 rings (SSSR count). The van der Waals surface area contributed by atoms with Gasteiger partial charge in [-0.25, -0.2) is 0 Å². The minimum Gasteiger partial charge on any atom is -0.373 e. The Balaban J connectivity index is 1.95. The van der Waals surface area contributed by atoms with Gasteiger partial charge in [0.15, 0.2) is 0 Å². The van der Waals surface area contributed by atoms with Gasteiger partial charge >= 0.3 is 0 Å². The largest absolute Gasteiger partial charge is 0.373 e. The Morgan fingerprint density at radius 3 is 2.11 bits per heavy atom. The quantitative estimate of drug-likeness (QED) is 0.786. The summed E-state index contributed by atoms with van der Waals surface area (Å²) in [6.45, 7) is 8.56. The smallest absolute Gasteiger partial charge is 0.0678 e. The highest BCUT2D eigenvalue weighted by Gasteiger charge is 2.34. The van der Waals surface area contributed by atoms with Crippen LogP contribution in [-0.4, -0.2) is 43.3 Å². The van der Waals surface area contributed by atoms with Gasteiger partial charge in [-0.1, -0.05) is 25.7 Å². The summed E-state index contributed by atoms with van der Waals surface area (Å²) in [6.07, 6.45) is 8.92. The lowest BCUT2D eigenvalue weighted by Gasteiger charge is -2.42. The Morgan fingerprint density at radius 1 is 1.06 bits per heavy atom. The first-order valence-electron chi connectivity index (χ1n) is 7.71. The molecule has 0 aromatic carbocycles. The summed E-state index contributed by atoms with van der Waals surface area (Å²) in [5.74, 6) is 0. The molecule has 2 N–H and O–H groups in total. The highest BCUT2D eigenvalue weighted by Crippen LogP contribution is 2.35. The Bertz CT molecular complexity index is 239. The molecule has 0 amide bonds. The normalized spacial score (nSPS) is 34.2. The lowest BCUT2D eigenvalue weighted by Crippen LogP contribution is -2.51. The van der Waals surface area contributed by atoms with Crippen molar-refractivity contribution in [1.82, 2.24) is 4.90 Å². The third kappa shape index (κ3) is 3.69. The molecule has 1 saturated carbocycles. The molecule has 1 aliphatic heterocycles. The number of nitrogens with two attached hydrogens (primary N) is 1. The van der Waals surface area contributed by atoms with Crippen LogP contribution in [0.5, 0.6) is 0 Å². The molecule has 3 nitrogen and oxygen atoms in total.